The highest BCUT2D eigenvalue weighted by molar-refractivity contribution is 5.95. The van der Waals surface area contributed by atoms with Gasteiger partial charge in [-0.3, -0.25) is 9.48 Å². The van der Waals surface area contributed by atoms with Crippen LogP contribution < -0.4 is 10.6 Å². The minimum absolute atomic E-state index is 0.00327. The van der Waals surface area contributed by atoms with Crippen LogP contribution in [0.15, 0.2) is 30.5 Å². The summed E-state index contributed by atoms with van der Waals surface area (Å²) in [6.45, 7) is 1.56. The highest BCUT2D eigenvalue weighted by atomic mass is 16.1. The van der Waals surface area contributed by atoms with Crippen LogP contribution in [0, 0.1) is 0 Å². The standard InChI is InChI=1S/C21H28N4O/c1-25-14-18(20(24-25)16-8-3-2-4-9-16)21(26)23-13-19-17-10-6-5-7-15(17)11-12-22-19/h5-7,10,14,16,19,22H,2-4,8-9,11-13H2,1H3,(H,23,26). The van der Waals surface area contributed by atoms with Gasteiger partial charge in [-0.25, -0.2) is 0 Å². The number of aryl methyl sites for hydroxylation is 1. The molecule has 5 heteroatoms. The molecule has 1 aromatic carbocycles. The molecule has 1 unspecified atom stereocenters. The lowest BCUT2D eigenvalue weighted by atomic mass is 9.85. The zero-order valence-corrected chi connectivity index (χ0v) is 15.5. The third-order valence-electron chi connectivity index (χ3n) is 5.78. The van der Waals surface area contributed by atoms with Crippen LogP contribution in [0.25, 0.3) is 0 Å². The number of nitrogens with zero attached hydrogens (tertiary/aromatic N) is 2. The van der Waals surface area contributed by atoms with Gasteiger partial charge in [-0.15, -0.1) is 0 Å². The zero-order chi connectivity index (χ0) is 17.9. The van der Waals surface area contributed by atoms with Gasteiger partial charge in [0, 0.05) is 31.7 Å². The van der Waals surface area contributed by atoms with E-state index in [9.17, 15) is 4.79 Å². The summed E-state index contributed by atoms with van der Waals surface area (Å²) in [5.74, 6) is 0.433. The summed E-state index contributed by atoms with van der Waals surface area (Å²) < 4.78 is 1.78. The maximum absolute atomic E-state index is 12.9. The zero-order valence-electron chi connectivity index (χ0n) is 15.5. The molecule has 2 aliphatic rings. The minimum Gasteiger partial charge on any atom is -0.350 e. The van der Waals surface area contributed by atoms with Gasteiger partial charge >= 0.3 is 0 Å². The van der Waals surface area contributed by atoms with Crippen molar-refractivity contribution in [1.29, 1.82) is 0 Å². The Bertz CT molecular complexity index is 776. The first kappa shape index (κ1) is 17.3. The van der Waals surface area contributed by atoms with Crippen molar-refractivity contribution in [3.63, 3.8) is 0 Å². The van der Waals surface area contributed by atoms with Gasteiger partial charge in [-0.1, -0.05) is 43.5 Å². The Hall–Kier alpha value is -2.14. The smallest absolute Gasteiger partial charge is 0.254 e. The molecular formula is C21H28N4O. The van der Waals surface area contributed by atoms with E-state index in [1.165, 1.54) is 30.4 Å². The van der Waals surface area contributed by atoms with Crippen molar-refractivity contribution in [3.8, 4) is 0 Å². The summed E-state index contributed by atoms with van der Waals surface area (Å²) >= 11 is 0. The van der Waals surface area contributed by atoms with Crippen molar-refractivity contribution in [2.24, 2.45) is 7.05 Å². The molecule has 1 atom stereocenters. The van der Waals surface area contributed by atoms with Gasteiger partial charge in [0.1, 0.15) is 0 Å². The Balaban J connectivity index is 1.46. The predicted molar refractivity (Wildman–Crippen MR) is 102 cm³/mol. The van der Waals surface area contributed by atoms with Gasteiger partial charge in [0.15, 0.2) is 0 Å². The number of amides is 1. The van der Waals surface area contributed by atoms with Gasteiger partial charge in [-0.2, -0.15) is 5.10 Å². The van der Waals surface area contributed by atoms with Crippen molar-refractivity contribution in [1.82, 2.24) is 20.4 Å². The second-order valence-corrected chi connectivity index (χ2v) is 7.60. The summed E-state index contributed by atoms with van der Waals surface area (Å²) in [4.78, 5) is 12.9. The first-order chi connectivity index (χ1) is 12.7. The Labute approximate surface area is 155 Å². The number of benzene rings is 1. The van der Waals surface area contributed by atoms with Crippen LogP contribution in [0.1, 0.15) is 71.2 Å². The fraction of sp³-hybridized carbons (Fsp3) is 0.524. The maximum atomic E-state index is 12.9. The summed E-state index contributed by atoms with van der Waals surface area (Å²) in [6.07, 6.45) is 9.01. The molecule has 5 nitrogen and oxygen atoms in total. The molecule has 1 aliphatic carbocycles. The number of carbonyl (C=O) groups is 1. The van der Waals surface area contributed by atoms with Crippen LogP contribution in [0.3, 0.4) is 0 Å². The molecule has 138 valence electrons. The number of fused-ring (bicyclic) bond motifs is 1. The van der Waals surface area contributed by atoms with Crippen LogP contribution in [0.5, 0.6) is 0 Å². The summed E-state index contributed by atoms with van der Waals surface area (Å²) in [7, 11) is 1.90. The van der Waals surface area contributed by atoms with E-state index in [0.29, 0.717) is 12.5 Å². The lowest BCUT2D eigenvalue weighted by molar-refractivity contribution is 0.0947. The molecule has 1 aromatic heterocycles. The molecule has 1 fully saturated rings. The van der Waals surface area contributed by atoms with Gasteiger partial charge < -0.3 is 10.6 Å². The van der Waals surface area contributed by atoms with Crippen LogP contribution >= 0.6 is 0 Å². The van der Waals surface area contributed by atoms with Crippen molar-refractivity contribution in [2.75, 3.05) is 13.1 Å². The number of hydrogen-bond acceptors (Lipinski definition) is 3. The van der Waals surface area contributed by atoms with E-state index in [4.69, 9.17) is 0 Å². The Morgan fingerprint density at radius 2 is 2.08 bits per heavy atom. The van der Waals surface area contributed by atoms with E-state index in [1.54, 1.807) is 4.68 Å². The first-order valence-corrected chi connectivity index (χ1v) is 9.85. The van der Waals surface area contributed by atoms with Gasteiger partial charge in [0.2, 0.25) is 0 Å². The quantitative estimate of drug-likeness (QED) is 0.889. The van der Waals surface area contributed by atoms with E-state index in [-0.39, 0.29) is 11.9 Å². The summed E-state index contributed by atoms with van der Waals surface area (Å²) in [5.41, 5.74) is 4.43. The van der Waals surface area contributed by atoms with Gasteiger partial charge in [-0.05, 0) is 36.9 Å². The number of nitrogens with one attached hydrogen (secondary N) is 2. The fourth-order valence-corrected chi connectivity index (χ4v) is 4.42. The molecule has 0 radical (unpaired) electrons. The molecule has 1 amide bonds. The highest BCUT2D eigenvalue weighted by Gasteiger charge is 2.26. The third kappa shape index (κ3) is 3.54. The van der Waals surface area contributed by atoms with E-state index >= 15 is 0 Å². The summed E-state index contributed by atoms with van der Waals surface area (Å²) in [5, 5.41) is 11.3. The molecule has 0 bridgehead atoms. The highest BCUT2D eigenvalue weighted by Crippen LogP contribution is 2.33. The van der Waals surface area contributed by atoms with Crippen molar-refractivity contribution in [2.45, 2.75) is 50.5 Å². The fourth-order valence-electron chi connectivity index (χ4n) is 4.42. The lowest BCUT2D eigenvalue weighted by Crippen LogP contribution is -2.39. The van der Waals surface area contributed by atoms with Gasteiger partial charge in [0.25, 0.3) is 5.91 Å². The number of carbonyl (C=O) groups excluding carboxylic acids is 1. The molecule has 0 spiro atoms. The maximum Gasteiger partial charge on any atom is 0.254 e. The summed E-state index contributed by atoms with van der Waals surface area (Å²) in [6, 6.07) is 8.69. The van der Waals surface area contributed by atoms with Crippen molar-refractivity contribution < 1.29 is 4.79 Å². The van der Waals surface area contributed by atoms with E-state index < -0.39 is 0 Å². The molecular weight excluding hydrogens is 324 g/mol. The molecule has 4 rings (SSSR count). The van der Waals surface area contributed by atoms with E-state index in [0.717, 1.165) is 37.1 Å². The molecule has 2 N–H and O–H groups in total. The third-order valence-corrected chi connectivity index (χ3v) is 5.78. The largest absolute Gasteiger partial charge is 0.350 e. The molecule has 0 saturated heterocycles. The molecule has 1 aliphatic heterocycles. The van der Waals surface area contributed by atoms with Crippen LogP contribution in [0.2, 0.25) is 0 Å². The average molecular weight is 352 g/mol. The lowest BCUT2D eigenvalue weighted by Gasteiger charge is -2.27. The average Bonchev–Trinajstić information content (AvgIpc) is 3.08. The second kappa shape index (κ2) is 7.62. The molecule has 2 heterocycles. The second-order valence-electron chi connectivity index (χ2n) is 7.60. The number of rotatable bonds is 4. The van der Waals surface area contributed by atoms with Crippen molar-refractivity contribution in [3.05, 3.63) is 52.8 Å². The minimum atomic E-state index is 0.00327. The number of aromatic nitrogens is 2. The number of hydrogen-bond donors (Lipinski definition) is 2. The van der Waals surface area contributed by atoms with E-state index in [2.05, 4.69) is 40.0 Å². The predicted octanol–water partition coefficient (Wildman–Crippen LogP) is 3.08. The topological polar surface area (TPSA) is 59.0 Å². The normalized spacial score (nSPS) is 20.6. The SMILES string of the molecule is Cn1cc(C(=O)NCC2NCCc3ccccc32)c(C2CCCCC2)n1. The Morgan fingerprint density at radius 3 is 2.92 bits per heavy atom. The van der Waals surface area contributed by atoms with Crippen molar-refractivity contribution >= 4 is 5.91 Å². The van der Waals surface area contributed by atoms with Gasteiger partial charge in [0.05, 0.1) is 11.3 Å². The Kier molecular flexibility index (Phi) is 5.07. The van der Waals surface area contributed by atoms with E-state index in [1.807, 2.05) is 13.2 Å². The molecule has 1 saturated carbocycles. The van der Waals surface area contributed by atoms with Crippen LogP contribution in [-0.4, -0.2) is 28.8 Å². The van der Waals surface area contributed by atoms with Crippen LogP contribution in [-0.2, 0) is 13.5 Å². The molecule has 26 heavy (non-hydrogen) atoms. The first-order valence-electron chi connectivity index (χ1n) is 9.85. The Morgan fingerprint density at radius 1 is 1.27 bits per heavy atom. The molecule has 2 aromatic rings. The monoisotopic (exact) mass is 352 g/mol. The van der Waals surface area contributed by atoms with Crippen LogP contribution in [0.4, 0.5) is 0 Å².